The van der Waals surface area contributed by atoms with E-state index in [-0.39, 0.29) is 52.0 Å². The van der Waals surface area contributed by atoms with Crippen molar-refractivity contribution >= 4 is 100 Å². The van der Waals surface area contributed by atoms with Crippen LogP contribution in [-0.2, 0) is 69.2 Å². The second-order valence-corrected chi connectivity index (χ2v) is 22.5. The number of benzene rings is 4. The number of hydrogen-bond donors (Lipinski definition) is 3. The van der Waals surface area contributed by atoms with Gasteiger partial charge in [0, 0.05) is 77.6 Å². The number of sulfonamides is 1. The molecule has 19 nitrogen and oxygen atoms in total. The topological polar surface area (TPSA) is 263 Å². The van der Waals surface area contributed by atoms with Crippen molar-refractivity contribution in [3.8, 4) is 0 Å². The molecule has 4 aliphatic heterocycles. The van der Waals surface area contributed by atoms with E-state index in [9.17, 15) is 50.5 Å². The van der Waals surface area contributed by atoms with Gasteiger partial charge in [-0.1, -0.05) is 22.9 Å². The van der Waals surface area contributed by atoms with Crippen molar-refractivity contribution in [2.75, 3.05) is 12.4 Å². The summed E-state index contributed by atoms with van der Waals surface area (Å²) in [6.07, 6.45) is 3.90. The number of nitrogens with one attached hydrogen (secondary N) is 1. The molecule has 0 saturated carbocycles. The first-order valence-electron chi connectivity index (χ1n) is 21.7. The van der Waals surface area contributed by atoms with Gasteiger partial charge in [-0.05, 0) is 98.5 Å². The molecular weight excluding hydrogens is 957 g/mol. The maximum atomic E-state index is 14.6. The Labute approximate surface area is 399 Å². The first kappa shape index (κ1) is 47.9. The van der Waals surface area contributed by atoms with Crippen LogP contribution in [0.5, 0.6) is 0 Å². The Balaban J connectivity index is 1.21. The third-order valence-corrected chi connectivity index (χ3v) is 16.4. The average Bonchev–Trinajstić information content (AvgIpc) is 3.78. The highest BCUT2D eigenvalue weighted by atomic mass is 32.2. The molecule has 360 valence electrons. The molecule has 0 bridgehead atoms. The number of rotatable bonds is 11. The van der Waals surface area contributed by atoms with Crippen LogP contribution in [0, 0.1) is 0 Å². The lowest BCUT2D eigenvalue weighted by molar-refractivity contribution is -0.432. The van der Waals surface area contributed by atoms with Crippen LogP contribution in [0.3, 0.4) is 0 Å². The molecule has 4 aromatic rings. The molecule has 4 aromatic carbocycles. The zero-order valence-corrected chi connectivity index (χ0v) is 40.2. The summed E-state index contributed by atoms with van der Waals surface area (Å²) >= 11 is 0.749. The van der Waals surface area contributed by atoms with Crippen LogP contribution in [0.1, 0.15) is 77.8 Å². The van der Waals surface area contributed by atoms with Gasteiger partial charge in [0.15, 0.2) is 17.5 Å². The number of fused-ring (bicyclic) bond motifs is 7. The molecule has 2 unspecified atom stereocenters. The van der Waals surface area contributed by atoms with Crippen molar-refractivity contribution in [2.45, 2.75) is 93.4 Å². The van der Waals surface area contributed by atoms with E-state index in [4.69, 9.17) is 10.1 Å². The number of nitrogens with zero attached hydrogens (tertiary/aromatic N) is 3. The van der Waals surface area contributed by atoms with Gasteiger partial charge in [-0.2, -0.15) is 21.4 Å². The molecule has 1 spiro atoms. The quantitative estimate of drug-likeness (QED) is 0.0263. The maximum absolute atomic E-state index is 14.6. The van der Waals surface area contributed by atoms with Crippen LogP contribution >= 0.6 is 12.0 Å². The molecule has 2 saturated heterocycles. The van der Waals surface area contributed by atoms with E-state index in [1.54, 1.807) is 48.5 Å². The zero-order valence-electron chi connectivity index (χ0n) is 37.7. The van der Waals surface area contributed by atoms with E-state index >= 15 is 0 Å². The van der Waals surface area contributed by atoms with E-state index in [0.29, 0.717) is 72.5 Å². The minimum Gasteiger partial charge on any atom is -0.871 e. The number of Topliss-reactive ketones (excluding diaryl/α,β-unsaturated/α-hetero) is 1. The number of amides is 3. The van der Waals surface area contributed by atoms with E-state index in [1.165, 1.54) is 28.9 Å². The van der Waals surface area contributed by atoms with Gasteiger partial charge < -0.3 is 9.94 Å². The average molecular weight is 1000 g/mol. The van der Waals surface area contributed by atoms with Crippen LogP contribution in [0.2, 0.25) is 0 Å². The van der Waals surface area contributed by atoms with Gasteiger partial charge in [0.05, 0.1) is 34.3 Å². The number of ketones is 1. The summed E-state index contributed by atoms with van der Waals surface area (Å²) in [4.78, 5) is 72.3. The molecule has 2 atom stereocenters. The fraction of sp³-hybridized carbons (Fsp3) is 0.319. The van der Waals surface area contributed by atoms with Crippen LogP contribution in [-0.4, -0.2) is 89.9 Å². The standard InChI is InChI=1S/C47H44N4O15S3/c1-25(52)48-68(59,60)24-49-34-15-9-26-20-28(67-66-65-58)11-13-30(26)41(34)46(2,3)37(49)22-32-43(55)33(44(32)56)23-38-47(4,5)42-31-14-12-29(69(61,62)63)21-27(31)10-16-35(42)51(38)19-7-6-8-36(51)45(57)64-50-39(53)17-18-40(50)54/h9-16,20-23,36H,6-8,17-19,24H2,1-5H3,(H2-2,48,52,55,56,58,61,62,63)/p+1. The highest BCUT2D eigenvalue weighted by molar-refractivity contribution is 7.94. The molecule has 69 heavy (non-hydrogen) atoms. The lowest BCUT2D eigenvalue weighted by Crippen LogP contribution is -2.62. The number of imide groups is 1. The lowest BCUT2D eigenvalue weighted by Gasteiger charge is -2.45. The first-order valence-corrected chi connectivity index (χ1v) is 25.6. The molecule has 4 heterocycles. The molecule has 3 N–H and O–H groups in total. The summed E-state index contributed by atoms with van der Waals surface area (Å²) in [6, 6.07) is 15.1. The number of hydrogen-bond acceptors (Lipinski definition) is 15. The summed E-state index contributed by atoms with van der Waals surface area (Å²) in [6.45, 7) is 8.62. The molecule has 0 radical (unpaired) electrons. The summed E-state index contributed by atoms with van der Waals surface area (Å²) in [5, 5.41) is 29.9. The van der Waals surface area contributed by atoms with Gasteiger partial charge in [0.25, 0.3) is 37.8 Å². The first-order chi connectivity index (χ1) is 32.4. The highest BCUT2D eigenvalue weighted by Crippen LogP contribution is 2.59. The molecule has 2 fully saturated rings. The smallest absolute Gasteiger partial charge is 0.391 e. The number of quaternary nitrogens is 1. The summed E-state index contributed by atoms with van der Waals surface area (Å²) < 4.78 is 69.0. The lowest BCUT2D eigenvalue weighted by atomic mass is 9.76. The number of allylic oxidation sites excluding steroid dienone is 5. The van der Waals surface area contributed by atoms with Crippen molar-refractivity contribution in [3.05, 3.63) is 107 Å². The minimum absolute atomic E-state index is 0.131. The number of hydroxylamine groups is 2. The fourth-order valence-corrected chi connectivity index (χ4v) is 13.0. The van der Waals surface area contributed by atoms with Gasteiger partial charge in [0.1, 0.15) is 11.4 Å². The van der Waals surface area contributed by atoms with Gasteiger partial charge in [0.2, 0.25) is 11.6 Å². The second-order valence-electron chi connectivity index (χ2n) is 18.6. The minimum atomic E-state index is -4.59. The third-order valence-electron chi connectivity index (χ3n) is 13.7. The van der Waals surface area contributed by atoms with Crippen LogP contribution in [0.25, 0.3) is 21.5 Å². The van der Waals surface area contributed by atoms with Crippen LogP contribution in [0.15, 0.2) is 105 Å². The van der Waals surface area contributed by atoms with Gasteiger partial charge in [-0.15, -0.1) is 9.40 Å². The van der Waals surface area contributed by atoms with Crippen molar-refractivity contribution in [3.63, 3.8) is 0 Å². The zero-order chi connectivity index (χ0) is 49.7. The SMILES string of the molecule is CC(=O)NS(=O)(=O)C[N+]1=C(C=C2C(=O)C(C=C3C(C)(C)c4c(ccc5cc(S(=O)(=O)O)ccc45)[N+]34CCCCC4C(=O)ON3C(=O)CCC3=O)=C2[O-])C(C)(C)c2c1ccc1cc(SOOO)ccc21. The Morgan fingerprint density at radius 3 is 2.25 bits per heavy atom. The molecule has 22 heteroatoms. The Kier molecular flexibility index (Phi) is 11.7. The Hall–Kier alpha value is -6.11. The molecule has 0 aromatic heterocycles. The Morgan fingerprint density at radius 1 is 0.913 bits per heavy atom. The number of carbonyl (C=O) groups excluding carboxylic acids is 5. The highest BCUT2D eigenvalue weighted by Gasteiger charge is 2.62. The predicted octanol–water partition coefficient (Wildman–Crippen LogP) is 4.93. The van der Waals surface area contributed by atoms with Gasteiger partial charge in [-0.25, -0.2) is 19.3 Å². The Bertz CT molecular complexity index is 3380. The normalized spacial score (nSPS) is 23.1. The third kappa shape index (κ3) is 7.78. The van der Waals surface area contributed by atoms with E-state index in [2.05, 4.69) is 9.37 Å². The summed E-state index contributed by atoms with van der Waals surface area (Å²) in [7, 11) is -8.93. The molecule has 3 amide bonds. The van der Waals surface area contributed by atoms with Crippen molar-refractivity contribution in [1.82, 2.24) is 14.3 Å². The van der Waals surface area contributed by atoms with Gasteiger partial charge >= 0.3 is 5.97 Å². The molecular formula is C47H45N4O15S3+. The van der Waals surface area contributed by atoms with E-state index in [1.807, 2.05) is 32.4 Å². The van der Waals surface area contributed by atoms with Crippen LogP contribution < -0.4 is 14.3 Å². The maximum Gasteiger partial charge on any atom is 0.391 e. The van der Waals surface area contributed by atoms with Crippen molar-refractivity contribution in [1.29, 1.82) is 0 Å². The Morgan fingerprint density at radius 2 is 1.58 bits per heavy atom. The van der Waals surface area contributed by atoms with Gasteiger partial charge in [-0.3, -0.25) is 23.7 Å². The second kappa shape index (κ2) is 16.8. The van der Waals surface area contributed by atoms with Crippen molar-refractivity contribution < 1.29 is 74.5 Å². The van der Waals surface area contributed by atoms with E-state index in [0.717, 1.165) is 19.0 Å². The molecule has 9 rings (SSSR count). The van der Waals surface area contributed by atoms with Crippen molar-refractivity contribution in [2.24, 2.45) is 0 Å². The van der Waals surface area contributed by atoms with E-state index < -0.39 is 78.1 Å². The molecule has 1 aliphatic carbocycles. The van der Waals surface area contributed by atoms with Crippen LogP contribution in [0.4, 0.5) is 11.4 Å². The fourth-order valence-electron chi connectivity index (χ4n) is 10.9. The monoisotopic (exact) mass is 1000 g/mol. The largest absolute Gasteiger partial charge is 0.871 e. The number of piperidine rings is 1. The predicted molar refractivity (Wildman–Crippen MR) is 247 cm³/mol. The molecule has 5 aliphatic rings. The summed E-state index contributed by atoms with van der Waals surface area (Å²) in [5.74, 6) is -5.15. The number of carbonyl (C=O) groups is 5. The summed E-state index contributed by atoms with van der Waals surface area (Å²) in [5.41, 5.74) is 0.342.